The number of aromatic nitrogens is 3. The highest BCUT2D eigenvalue weighted by Gasteiger charge is 2.45. The first-order valence-electron chi connectivity index (χ1n) is 40.0. The minimum absolute atomic E-state index is 0.000636. The lowest BCUT2D eigenvalue weighted by atomic mass is 9.89. The Labute approximate surface area is 678 Å². The molecule has 2 fully saturated rings. The largest absolute Gasteiger partial charge is 0.479 e. The molecule has 0 saturated carbocycles. The van der Waals surface area contributed by atoms with E-state index in [0.29, 0.717) is 126 Å². The van der Waals surface area contributed by atoms with Gasteiger partial charge in [0.25, 0.3) is 11.8 Å². The summed E-state index contributed by atoms with van der Waals surface area (Å²) in [6, 6.07) is 9.87. The summed E-state index contributed by atoms with van der Waals surface area (Å²) in [6.07, 6.45) is -0.903. The van der Waals surface area contributed by atoms with Gasteiger partial charge >= 0.3 is 12.1 Å². The van der Waals surface area contributed by atoms with Crippen LogP contribution in [-0.2, 0) is 117 Å². The van der Waals surface area contributed by atoms with Gasteiger partial charge in [0.15, 0.2) is 6.10 Å². The monoisotopic (exact) mass is 1630 g/mol. The molecule has 6 N–H and O–H groups in total. The van der Waals surface area contributed by atoms with Crippen LogP contribution in [-0.4, -0.2) is 298 Å². The molecule has 0 spiro atoms. The number of methoxy groups -OCH3 is 2. The van der Waals surface area contributed by atoms with Crippen molar-refractivity contribution in [2.24, 2.45) is 23.7 Å². The van der Waals surface area contributed by atoms with Gasteiger partial charge in [-0.15, -0.1) is 5.10 Å². The Balaban J connectivity index is 0.839. The van der Waals surface area contributed by atoms with Crippen molar-refractivity contribution in [1.29, 1.82) is 0 Å². The highest BCUT2D eigenvalue weighted by Crippen LogP contribution is 2.36. The summed E-state index contributed by atoms with van der Waals surface area (Å²) in [5, 5.41) is 48.7. The summed E-state index contributed by atoms with van der Waals surface area (Å²) >= 11 is 0. The number of carboxylic acids is 1. The van der Waals surface area contributed by atoms with Gasteiger partial charge in [-0.2, -0.15) is 0 Å². The smallest absolute Gasteiger partial charge is 0.410 e. The number of aliphatic hydroxyl groups is 2. The molecule has 5 heterocycles. The van der Waals surface area contributed by atoms with Crippen LogP contribution in [0.3, 0.4) is 0 Å². The first kappa shape index (κ1) is 94.6. The number of imide groups is 1. The number of likely N-dealkylation sites (tertiary alicyclic amines) is 1. The maximum atomic E-state index is 15.0. The normalized spacial score (nSPS) is 18.7. The van der Waals surface area contributed by atoms with Gasteiger partial charge in [-0.3, -0.25) is 43.4 Å². The van der Waals surface area contributed by atoms with E-state index in [1.54, 1.807) is 99.6 Å². The zero-order valence-corrected chi connectivity index (χ0v) is 69.1. The predicted octanol–water partition coefficient (Wildman–Crippen LogP) is 4.54. The number of aliphatic carboxylic acids is 1. The number of carbonyl (C=O) groups is 9. The van der Waals surface area contributed by atoms with Gasteiger partial charge in [0, 0.05) is 84.8 Å². The zero-order chi connectivity index (χ0) is 84.4. The van der Waals surface area contributed by atoms with Crippen molar-refractivity contribution in [2.75, 3.05) is 134 Å². The highest BCUT2D eigenvalue weighted by molar-refractivity contribution is 6.12. The van der Waals surface area contributed by atoms with Gasteiger partial charge in [0.2, 0.25) is 35.8 Å². The fourth-order valence-corrected chi connectivity index (χ4v) is 14.2. The van der Waals surface area contributed by atoms with Gasteiger partial charge in [-0.05, 0) is 61.3 Å². The van der Waals surface area contributed by atoms with Crippen LogP contribution in [0.25, 0.3) is 11.0 Å². The van der Waals surface area contributed by atoms with Crippen molar-refractivity contribution in [3.05, 3.63) is 89.5 Å². The summed E-state index contributed by atoms with van der Waals surface area (Å²) in [6.45, 7) is 19.9. The van der Waals surface area contributed by atoms with E-state index in [1.807, 2.05) is 32.0 Å². The molecule has 0 bridgehead atoms. The van der Waals surface area contributed by atoms with Crippen molar-refractivity contribution in [1.82, 2.24) is 50.5 Å². The van der Waals surface area contributed by atoms with Gasteiger partial charge in [-0.25, -0.2) is 14.3 Å². The Morgan fingerprint density at radius 1 is 0.724 bits per heavy atom. The number of hydrogen-bond donors (Lipinski definition) is 6. The average molecular weight is 1640 g/mol. The number of carbonyl (C=O) groups excluding carboxylic acids is 8. The number of likely N-dealkylation sites (N-methyl/N-ethyl adjacent to an activating group) is 2. The Bertz CT molecular complexity index is 3750. The van der Waals surface area contributed by atoms with Crippen LogP contribution in [0.15, 0.2) is 71.3 Å². The minimum atomic E-state index is -1.33. The molecule has 0 aliphatic carbocycles. The van der Waals surface area contributed by atoms with E-state index in [9.17, 15) is 58.5 Å². The number of benzene rings is 2. The molecule has 8 amide bonds. The number of hydrogen-bond acceptors (Lipinski definition) is 26. The second-order valence-corrected chi connectivity index (χ2v) is 29.9. The van der Waals surface area contributed by atoms with E-state index in [1.165, 1.54) is 33.4 Å². The summed E-state index contributed by atoms with van der Waals surface area (Å²) < 4.78 is 76.9. The standard InChI is InChI=1S/C81H122N10O25/c1-13-53(6)73(64(104-11)47-69(96)90-28-17-20-62(90)75(105-12)54(7)77(98)83-55(8)74(97)56-18-15-14-16-19-56)87(9)79(100)71(51(2)3)84-78(99)72(52(4)5)88(10)81(103)113-49-57-21-23-63(115-70-45-59(92)44-65(116-70)80(101)102)61-46-60(114-76(57)61)22-24-66(93)82-27-31-106-34-37-109-38-35-107-32-29-89-48-58(85-86-89)50-112-43-42-111-41-40-110-39-36-108-33-30-91-67(94)25-26-68(91)95/h14-16,18-19,21,23,25-26,46,48,51-55,59,62,64-65,70-75,92,97H,13,17,20,22,24,27-45,47,49-50H2,1-12H3,(H,82,93)(H,83,98)(H,84,99)(H,101,102)/t53-,54+,55+,59-,62-,64+,65-,70+,71-,72-,73-,74+,75+/m0/s1. The zero-order valence-electron chi connectivity index (χ0n) is 69.1. The number of fused-ring (bicyclic) bond motifs is 1. The van der Waals surface area contributed by atoms with Crippen LogP contribution in [0.1, 0.15) is 129 Å². The number of aliphatic hydroxyl groups excluding tert-OH is 2. The molecule has 0 unspecified atom stereocenters. The summed E-state index contributed by atoms with van der Waals surface area (Å²) in [5.41, 5.74) is 1.90. The van der Waals surface area contributed by atoms with Crippen LogP contribution in [0.4, 0.5) is 4.79 Å². The number of furan rings is 1. The molecule has 13 atom stereocenters. The molecule has 35 heteroatoms. The van der Waals surface area contributed by atoms with Crippen molar-refractivity contribution in [3.8, 4) is 5.75 Å². The quantitative estimate of drug-likeness (QED) is 0.0261. The van der Waals surface area contributed by atoms with Crippen molar-refractivity contribution in [2.45, 2.75) is 194 Å². The molecular weight excluding hydrogens is 1510 g/mol. The lowest BCUT2D eigenvalue weighted by Crippen LogP contribution is -2.60. The molecule has 7 rings (SSSR count). The number of amides is 8. The number of ether oxygens (including phenoxy) is 12. The van der Waals surface area contributed by atoms with Crippen LogP contribution >= 0.6 is 0 Å². The maximum absolute atomic E-state index is 15.0. The maximum Gasteiger partial charge on any atom is 0.410 e. The minimum Gasteiger partial charge on any atom is -0.479 e. The lowest BCUT2D eigenvalue weighted by Gasteiger charge is -2.41. The van der Waals surface area contributed by atoms with E-state index in [0.717, 1.165) is 9.80 Å². The topological polar surface area (TPSA) is 418 Å². The molecular formula is C81H122N10O25. The third kappa shape index (κ3) is 28.9. The van der Waals surface area contributed by atoms with Crippen LogP contribution in [0.2, 0.25) is 0 Å². The predicted molar refractivity (Wildman–Crippen MR) is 419 cm³/mol. The molecule has 0 radical (unpaired) electrons. The Hall–Kier alpha value is -8.59. The van der Waals surface area contributed by atoms with E-state index < -0.39 is 109 Å². The van der Waals surface area contributed by atoms with Gasteiger partial charge in [-0.1, -0.05) is 90.4 Å². The summed E-state index contributed by atoms with van der Waals surface area (Å²) in [5.74, 6) is -5.19. The average Bonchev–Trinajstić information content (AvgIpc) is 1.58. The van der Waals surface area contributed by atoms with E-state index in [4.69, 9.17) is 61.3 Å². The molecule has 646 valence electrons. The van der Waals surface area contributed by atoms with Gasteiger partial charge in [0.05, 0.1) is 172 Å². The SMILES string of the molecule is CC[C@H](C)[C@@H]([C@@H](CC(=O)N1CCC[C@H]1[C@H](OC)[C@@H](C)C(=O)N[C@H](C)[C@@H](O)c1ccccc1)OC)N(C)C(=O)[C@@H](NC(=O)[C@H](C(C)C)N(C)C(=O)OCc1ccc(O[C@H]2C[C@@H](O)C[C@@H](C(=O)O)O2)c2cc(CCC(=O)NCCOCCOCCOCCn3cc(COCCOCCOCCOCCN4C(=O)C=CC4=O)nn3)oc12)C(C)C. The summed E-state index contributed by atoms with van der Waals surface area (Å²) in [7, 11) is 6.06. The molecule has 2 saturated heterocycles. The molecule has 116 heavy (non-hydrogen) atoms. The number of nitrogens with zero attached hydrogens (tertiary/aromatic N) is 7. The summed E-state index contributed by atoms with van der Waals surface area (Å²) in [4.78, 5) is 126. The van der Waals surface area contributed by atoms with Crippen LogP contribution < -0.4 is 20.7 Å². The Morgan fingerprint density at radius 3 is 1.97 bits per heavy atom. The van der Waals surface area contributed by atoms with E-state index >= 15 is 0 Å². The third-order valence-corrected chi connectivity index (χ3v) is 20.7. The molecule has 2 aromatic heterocycles. The molecule has 3 aliphatic heterocycles. The second-order valence-electron chi connectivity index (χ2n) is 29.9. The first-order valence-corrected chi connectivity index (χ1v) is 40.0. The van der Waals surface area contributed by atoms with E-state index in [2.05, 4.69) is 26.3 Å². The number of carboxylic acid groups (broad SMARTS) is 1. The fourth-order valence-electron chi connectivity index (χ4n) is 14.2. The highest BCUT2D eigenvalue weighted by atomic mass is 16.7. The van der Waals surface area contributed by atoms with E-state index in [-0.39, 0.29) is 125 Å². The third-order valence-electron chi connectivity index (χ3n) is 20.7. The molecule has 4 aromatic rings. The van der Waals surface area contributed by atoms with Crippen molar-refractivity contribution in [3.63, 3.8) is 0 Å². The van der Waals surface area contributed by atoms with Gasteiger partial charge in [0.1, 0.15) is 41.5 Å². The van der Waals surface area contributed by atoms with Crippen molar-refractivity contribution < 1.29 is 120 Å². The Morgan fingerprint density at radius 2 is 1.35 bits per heavy atom. The molecule has 3 aliphatic rings. The number of nitrogens with one attached hydrogen (secondary N) is 3. The molecule has 35 nitrogen and oxygen atoms in total. The van der Waals surface area contributed by atoms with Gasteiger partial charge < -0.3 is 102 Å². The number of rotatable bonds is 54. The van der Waals surface area contributed by atoms with Crippen LogP contribution in [0.5, 0.6) is 5.75 Å². The molecule has 2 aromatic carbocycles. The van der Waals surface area contributed by atoms with Crippen LogP contribution in [0, 0.1) is 23.7 Å². The fraction of sp³-hybridized carbons (Fsp3) is 0.667. The first-order chi connectivity index (χ1) is 55.7. The second kappa shape index (κ2) is 49.0. The Kier molecular flexibility index (Phi) is 39.9. The lowest BCUT2D eigenvalue weighted by molar-refractivity contribution is -0.195. The number of aryl methyl sites for hydroxylation is 1. The van der Waals surface area contributed by atoms with Crippen molar-refractivity contribution >= 4 is 64.4 Å².